The fraction of sp³-hybridized carbons (Fsp3) is 0.600. The van der Waals surface area contributed by atoms with Gasteiger partial charge >= 0.3 is 0 Å². The van der Waals surface area contributed by atoms with Crippen molar-refractivity contribution < 1.29 is 49.6 Å². The lowest BCUT2D eigenvalue weighted by molar-refractivity contribution is -0.290. The predicted octanol–water partition coefficient (Wildman–Crippen LogP) is -1.64. The maximum atomic E-state index is 10.2. The number of benzene rings is 1. The molecule has 10 nitrogen and oxygen atoms in total. The maximum Gasteiger partial charge on any atom is 0.229 e. The molecule has 3 rings (SSSR count). The first-order chi connectivity index (χ1) is 14.3. The van der Waals surface area contributed by atoms with Gasteiger partial charge in [-0.2, -0.15) is 0 Å². The van der Waals surface area contributed by atoms with Crippen LogP contribution in [0.3, 0.4) is 0 Å². The van der Waals surface area contributed by atoms with Gasteiger partial charge in [-0.3, -0.25) is 0 Å². The molecule has 0 bridgehead atoms. The van der Waals surface area contributed by atoms with Gasteiger partial charge < -0.3 is 49.6 Å². The molecule has 30 heavy (non-hydrogen) atoms. The molecule has 168 valence electrons. The highest BCUT2D eigenvalue weighted by Crippen LogP contribution is 2.27. The second-order valence-electron chi connectivity index (χ2n) is 7.24. The second kappa shape index (κ2) is 10.1. The van der Waals surface area contributed by atoms with Gasteiger partial charge in [0.25, 0.3) is 0 Å². The quantitative estimate of drug-likeness (QED) is 0.298. The lowest BCUT2D eigenvalue weighted by Gasteiger charge is -2.40. The van der Waals surface area contributed by atoms with E-state index in [1.54, 1.807) is 24.3 Å². The largest absolute Gasteiger partial charge is 0.462 e. The first kappa shape index (κ1) is 23.1. The molecule has 1 aromatic rings. The molecule has 9 atom stereocenters. The highest BCUT2D eigenvalue weighted by molar-refractivity contribution is 5.50. The molecule has 2 aliphatic heterocycles. The number of ether oxygens (including phenoxy) is 4. The van der Waals surface area contributed by atoms with Crippen LogP contribution in [0.25, 0.3) is 6.08 Å². The van der Waals surface area contributed by atoms with Crippen molar-refractivity contribution in [2.75, 3.05) is 13.2 Å². The van der Waals surface area contributed by atoms with Gasteiger partial charge in [0.05, 0.1) is 13.2 Å². The lowest BCUT2D eigenvalue weighted by atomic mass is 9.99. The standard InChI is InChI=1S/C20H28O10/c1-2-3-10-4-6-11(7-5-10)28-20-18(26)16(24)15(23)13(30-20)9-27-19-17(25)14(22)12(8-21)29-19/h2-7,12-26H,8-9H2,1H3/b3-2+/t12-,13+,14-,15+,16-,17+,18+,19+,20+/m0/s1. The van der Waals surface area contributed by atoms with Crippen molar-refractivity contribution in [1.82, 2.24) is 0 Å². The highest BCUT2D eigenvalue weighted by Gasteiger charge is 2.47. The van der Waals surface area contributed by atoms with Gasteiger partial charge in [0, 0.05) is 0 Å². The van der Waals surface area contributed by atoms with E-state index in [9.17, 15) is 25.5 Å². The summed E-state index contributed by atoms with van der Waals surface area (Å²) in [5, 5.41) is 59.4. The average Bonchev–Trinajstić information content (AvgIpc) is 3.02. The molecule has 1 aromatic carbocycles. The molecule has 2 aliphatic rings. The van der Waals surface area contributed by atoms with Crippen LogP contribution < -0.4 is 4.74 Å². The Bertz CT molecular complexity index is 695. The topological polar surface area (TPSA) is 158 Å². The third kappa shape index (κ3) is 4.99. The van der Waals surface area contributed by atoms with Crippen molar-refractivity contribution in [1.29, 1.82) is 0 Å². The molecule has 2 saturated heterocycles. The van der Waals surface area contributed by atoms with Crippen LogP contribution in [0.1, 0.15) is 12.5 Å². The number of hydrogen-bond acceptors (Lipinski definition) is 10. The first-order valence-electron chi connectivity index (χ1n) is 9.68. The molecule has 0 aromatic heterocycles. The van der Waals surface area contributed by atoms with Crippen LogP contribution >= 0.6 is 0 Å². The smallest absolute Gasteiger partial charge is 0.229 e. The molecule has 0 amide bonds. The molecule has 0 saturated carbocycles. The monoisotopic (exact) mass is 428 g/mol. The first-order valence-corrected chi connectivity index (χ1v) is 9.68. The van der Waals surface area contributed by atoms with Gasteiger partial charge in [-0.15, -0.1) is 0 Å². The molecular formula is C20H28O10. The van der Waals surface area contributed by atoms with E-state index in [0.29, 0.717) is 5.75 Å². The Balaban J connectivity index is 1.61. The van der Waals surface area contributed by atoms with Crippen molar-refractivity contribution in [2.45, 2.75) is 62.2 Å². The number of rotatable bonds is 7. The van der Waals surface area contributed by atoms with Crippen molar-refractivity contribution in [3.8, 4) is 5.75 Å². The van der Waals surface area contributed by atoms with Gasteiger partial charge in [-0.1, -0.05) is 24.3 Å². The number of hydrogen-bond donors (Lipinski definition) is 6. The van der Waals surface area contributed by atoms with E-state index in [4.69, 9.17) is 24.1 Å². The Hall–Kier alpha value is -1.60. The Morgan fingerprint density at radius 1 is 0.833 bits per heavy atom. The Morgan fingerprint density at radius 2 is 1.43 bits per heavy atom. The predicted molar refractivity (Wildman–Crippen MR) is 102 cm³/mol. The molecule has 6 N–H and O–H groups in total. The summed E-state index contributed by atoms with van der Waals surface area (Å²) in [6.07, 6.45) is -8.16. The van der Waals surface area contributed by atoms with E-state index in [2.05, 4.69) is 0 Å². The molecule has 10 heteroatoms. The van der Waals surface area contributed by atoms with E-state index < -0.39 is 61.9 Å². The number of allylic oxidation sites excluding steroid dienone is 1. The second-order valence-corrected chi connectivity index (χ2v) is 7.24. The zero-order chi connectivity index (χ0) is 21.8. The fourth-order valence-corrected chi connectivity index (χ4v) is 3.33. The zero-order valence-corrected chi connectivity index (χ0v) is 16.4. The van der Waals surface area contributed by atoms with E-state index in [-0.39, 0.29) is 6.61 Å². The molecule has 2 heterocycles. The molecule has 0 spiro atoms. The Morgan fingerprint density at radius 3 is 2.03 bits per heavy atom. The number of aliphatic hydroxyl groups is 6. The van der Waals surface area contributed by atoms with E-state index in [1.807, 2.05) is 19.1 Å². The van der Waals surface area contributed by atoms with E-state index >= 15 is 0 Å². The summed E-state index contributed by atoms with van der Waals surface area (Å²) in [5.41, 5.74) is 0.954. The molecule has 0 radical (unpaired) electrons. The summed E-state index contributed by atoms with van der Waals surface area (Å²) in [6.45, 7) is 1.05. The van der Waals surface area contributed by atoms with Crippen LogP contribution in [-0.4, -0.2) is 99.2 Å². The Kier molecular flexibility index (Phi) is 7.80. The van der Waals surface area contributed by atoms with Crippen LogP contribution in [0.2, 0.25) is 0 Å². The van der Waals surface area contributed by atoms with Crippen molar-refractivity contribution in [2.24, 2.45) is 0 Å². The van der Waals surface area contributed by atoms with Crippen LogP contribution in [0.15, 0.2) is 30.3 Å². The summed E-state index contributed by atoms with van der Waals surface area (Å²) in [7, 11) is 0. The van der Waals surface area contributed by atoms with Crippen LogP contribution in [0, 0.1) is 0 Å². The van der Waals surface area contributed by atoms with Crippen LogP contribution in [-0.2, 0) is 14.2 Å². The lowest BCUT2D eigenvalue weighted by Crippen LogP contribution is -2.60. The Labute approximate surface area is 173 Å². The summed E-state index contributed by atoms with van der Waals surface area (Å²) >= 11 is 0. The molecular weight excluding hydrogens is 400 g/mol. The van der Waals surface area contributed by atoms with Crippen molar-refractivity contribution >= 4 is 6.08 Å². The maximum absolute atomic E-state index is 10.2. The molecule has 2 fully saturated rings. The zero-order valence-electron chi connectivity index (χ0n) is 16.4. The highest BCUT2D eigenvalue weighted by atomic mass is 16.7. The minimum Gasteiger partial charge on any atom is -0.462 e. The minimum atomic E-state index is -1.56. The van der Waals surface area contributed by atoms with Gasteiger partial charge in [0.1, 0.15) is 48.5 Å². The summed E-state index contributed by atoms with van der Waals surface area (Å²) in [5.74, 6) is 0.388. The van der Waals surface area contributed by atoms with Crippen LogP contribution in [0.5, 0.6) is 5.75 Å². The van der Waals surface area contributed by atoms with Gasteiger partial charge in [0.15, 0.2) is 6.29 Å². The molecule has 0 unspecified atom stereocenters. The minimum absolute atomic E-state index is 0.336. The third-order valence-corrected chi connectivity index (χ3v) is 5.08. The molecule has 0 aliphatic carbocycles. The fourth-order valence-electron chi connectivity index (χ4n) is 3.33. The summed E-state index contributed by atoms with van der Waals surface area (Å²) in [4.78, 5) is 0. The van der Waals surface area contributed by atoms with Crippen LogP contribution in [0.4, 0.5) is 0 Å². The van der Waals surface area contributed by atoms with Crippen molar-refractivity contribution in [3.63, 3.8) is 0 Å². The van der Waals surface area contributed by atoms with E-state index in [1.165, 1.54) is 0 Å². The summed E-state index contributed by atoms with van der Waals surface area (Å²) < 4.78 is 21.8. The normalized spacial score (nSPS) is 39.5. The van der Waals surface area contributed by atoms with E-state index in [0.717, 1.165) is 5.56 Å². The van der Waals surface area contributed by atoms with Gasteiger partial charge in [-0.05, 0) is 24.6 Å². The van der Waals surface area contributed by atoms with Gasteiger partial charge in [-0.25, -0.2) is 0 Å². The average molecular weight is 428 g/mol. The SMILES string of the molecule is C/C=C/c1ccc(O[C@@H]2O[C@H](CO[C@@H]3O[C@@H](CO)[C@H](O)[C@H]3O)[C@@H](O)[C@H](O)[C@H]2O)cc1. The number of aliphatic hydroxyl groups excluding tert-OH is 6. The van der Waals surface area contributed by atoms with Gasteiger partial charge in [0.2, 0.25) is 6.29 Å². The third-order valence-electron chi connectivity index (χ3n) is 5.08. The van der Waals surface area contributed by atoms with Crippen molar-refractivity contribution in [3.05, 3.63) is 35.9 Å². The summed E-state index contributed by atoms with van der Waals surface area (Å²) in [6, 6.07) is 6.96.